The number of likely N-dealkylation sites (tertiary alicyclic amines) is 1. The molecule has 0 aromatic rings. The summed E-state index contributed by atoms with van der Waals surface area (Å²) in [4.78, 5) is 14.4. The monoisotopic (exact) mass is 361 g/mol. The summed E-state index contributed by atoms with van der Waals surface area (Å²) < 4.78 is 12.4. The van der Waals surface area contributed by atoms with Crippen LogP contribution in [0.15, 0.2) is 0 Å². The first kappa shape index (κ1) is 17.3. The molecule has 1 aliphatic heterocycles. The topological polar surface area (TPSA) is 38.8 Å². The molecule has 4 heteroatoms. The fraction of sp³-hybridized carbons (Fsp3) is 0.955. The van der Waals surface area contributed by atoms with Crippen LogP contribution in [0.3, 0.4) is 0 Å². The van der Waals surface area contributed by atoms with E-state index in [1.165, 1.54) is 38.5 Å². The van der Waals surface area contributed by atoms with Crippen LogP contribution in [0.5, 0.6) is 0 Å². The normalized spacial score (nSPS) is 44.6. The second-order valence-corrected chi connectivity index (χ2v) is 10.1. The van der Waals surface area contributed by atoms with Crippen LogP contribution in [0, 0.1) is 41.4 Å². The van der Waals surface area contributed by atoms with Gasteiger partial charge in [-0.3, -0.25) is 0 Å². The maximum absolute atomic E-state index is 12.6. The van der Waals surface area contributed by atoms with Crippen molar-refractivity contribution in [3.05, 3.63) is 0 Å². The van der Waals surface area contributed by atoms with Gasteiger partial charge in [0.15, 0.2) is 0 Å². The van der Waals surface area contributed by atoms with Crippen LogP contribution in [0.1, 0.15) is 65.2 Å². The van der Waals surface area contributed by atoms with Crippen molar-refractivity contribution in [1.29, 1.82) is 0 Å². The molecule has 8 atom stereocenters. The quantitative estimate of drug-likeness (QED) is 0.539. The second kappa shape index (κ2) is 6.68. The van der Waals surface area contributed by atoms with E-state index < -0.39 is 0 Å². The third kappa shape index (κ3) is 2.78. The molecule has 0 aromatic carbocycles. The molecule has 1 heterocycles. The molecule has 0 aromatic heterocycles. The molecule has 0 spiro atoms. The number of ether oxygens (including phenoxy) is 2. The highest BCUT2D eigenvalue weighted by Gasteiger charge is 2.62. The third-order valence-electron chi connectivity index (χ3n) is 8.36. The molecule has 1 saturated heterocycles. The van der Waals surface area contributed by atoms with E-state index in [1.54, 1.807) is 0 Å². The highest BCUT2D eigenvalue weighted by atomic mass is 16.7. The average Bonchev–Trinajstić information content (AvgIpc) is 3.40. The molecule has 146 valence electrons. The first-order valence-corrected chi connectivity index (χ1v) is 11.2. The van der Waals surface area contributed by atoms with Crippen molar-refractivity contribution in [1.82, 2.24) is 4.90 Å². The molecule has 8 unspecified atom stereocenters. The number of hydrogen-bond donors (Lipinski definition) is 0. The van der Waals surface area contributed by atoms with Gasteiger partial charge in [-0.2, -0.15) is 0 Å². The van der Waals surface area contributed by atoms with Gasteiger partial charge in [-0.25, -0.2) is 4.79 Å². The summed E-state index contributed by atoms with van der Waals surface area (Å²) in [5.74, 6) is 5.75. The van der Waals surface area contributed by atoms with Gasteiger partial charge in [-0.05, 0) is 86.9 Å². The van der Waals surface area contributed by atoms with E-state index in [0.717, 1.165) is 61.4 Å². The Hall–Kier alpha value is -0.770. The number of piperidine rings is 1. The smallest absolute Gasteiger partial charge is 0.412 e. The van der Waals surface area contributed by atoms with Crippen molar-refractivity contribution in [2.24, 2.45) is 41.4 Å². The van der Waals surface area contributed by atoms with E-state index in [4.69, 9.17) is 9.47 Å². The Morgan fingerprint density at radius 2 is 1.65 bits per heavy atom. The molecule has 4 saturated carbocycles. The Morgan fingerprint density at radius 3 is 2.38 bits per heavy atom. The summed E-state index contributed by atoms with van der Waals surface area (Å²) >= 11 is 0. The molecule has 4 bridgehead atoms. The van der Waals surface area contributed by atoms with E-state index >= 15 is 0 Å². The van der Waals surface area contributed by atoms with E-state index in [1.807, 2.05) is 4.90 Å². The van der Waals surface area contributed by atoms with Gasteiger partial charge >= 0.3 is 6.09 Å². The fourth-order valence-corrected chi connectivity index (χ4v) is 7.40. The van der Waals surface area contributed by atoms with Crippen LogP contribution < -0.4 is 0 Å². The number of hydrogen-bond acceptors (Lipinski definition) is 3. The van der Waals surface area contributed by atoms with Crippen LogP contribution in [-0.4, -0.2) is 36.5 Å². The summed E-state index contributed by atoms with van der Waals surface area (Å²) in [7, 11) is 0. The van der Waals surface area contributed by atoms with E-state index in [2.05, 4.69) is 13.8 Å². The number of amides is 1. The molecule has 4 nitrogen and oxygen atoms in total. The van der Waals surface area contributed by atoms with Crippen LogP contribution in [-0.2, 0) is 9.47 Å². The van der Waals surface area contributed by atoms with Crippen molar-refractivity contribution in [3.8, 4) is 0 Å². The Bertz CT molecular complexity index is 544. The lowest BCUT2D eigenvalue weighted by atomic mass is 9.70. The third-order valence-corrected chi connectivity index (χ3v) is 8.36. The Kier molecular flexibility index (Phi) is 4.46. The lowest BCUT2D eigenvalue weighted by molar-refractivity contribution is -0.184. The van der Waals surface area contributed by atoms with E-state index in [9.17, 15) is 4.79 Å². The predicted molar refractivity (Wildman–Crippen MR) is 99.4 cm³/mol. The molecular weight excluding hydrogens is 326 g/mol. The fourth-order valence-electron chi connectivity index (χ4n) is 7.40. The summed E-state index contributed by atoms with van der Waals surface area (Å²) in [5.41, 5.74) is 0. The number of nitrogens with zero attached hydrogens (tertiary/aromatic N) is 1. The molecule has 5 rings (SSSR count). The number of fused-ring (bicyclic) bond motifs is 9. The molecule has 4 aliphatic carbocycles. The Balaban J connectivity index is 1.22. The number of carbonyl (C=O) groups excluding carboxylic acids is 1. The van der Waals surface area contributed by atoms with Gasteiger partial charge < -0.3 is 14.4 Å². The Labute approximate surface area is 158 Å². The van der Waals surface area contributed by atoms with Crippen molar-refractivity contribution < 1.29 is 14.3 Å². The van der Waals surface area contributed by atoms with Crippen LogP contribution in [0.2, 0.25) is 0 Å². The molecule has 26 heavy (non-hydrogen) atoms. The summed E-state index contributed by atoms with van der Waals surface area (Å²) in [6.45, 7) is 5.90. The van der Waals surface area contributed by atoms with E-state index in [0.29, 0.717) is 6.10 Å². The Morgan fingerprint density at radius 1 is 0.923 bits per heavy atom. The van der Waals surface area contributed by atoms with Gasteiger partial charge in [0.1, 0.15) is 0 Å². The molecule has 0 N–H and O–H groups in total. The van der Waals surface area contributed by atoms with E-state index in [-0.39, 0.29) is 18.3 Å². The first-order chi connectivity index (χ1) is 12.6. The minimum Gasteiger partial charge on any atom is -0.419 e. The van der Waals surface area contributed by atoms with Crippen molar-refractivity contribution in [3.63, 3.8) is 0 Å². The zero-order valence-electron chi connectivity index (χ0n) is 16.4. The second-order valence-electron chi connectivity index (χ2n) is 10.1. The SMILES string of the molecule is CC(C)C(OC(=O)N1CCCCC1)OC1CC2CC1C1C3CCC(C3)C21. The van der Waals surface area contributed by atoms with Gasteiger partial charge in [0, 0.05) is 19.0 Å². The standard InChI is InChI=1S/C22H35NO3/c1-13(2)21(26-22(24)23-8-4-3-5-9-23)25-18-12-16-11-17(18)20-15-7-6-14(10-15)19(16)20/h13-21H,3-12H2,1-2H3. The zero-order chi connectivity index (χ0) is 17.8. The maximum atomic E-state index is 12.6. The molecular formula is C22H35NO3. The van der Waals surface area contributed by atoms with Crippen molar-refractivity contribution in [2.75, 3.05) is 13.1 Å². The summed E-state index contributed by atoms with van der Waals surface area (Å²) in [5, 5.41) is 0. The van der Waals surface area contributed by atoms with Gasteiger partial charge in [0.2, 0.25) is 6.29 Å². The zero-order valence-corrected chi connectivity index (χ0v) is 16.4. The first-order valence-electron chi connectivity index (χ1n) is 11.2. The van der Waals surface area contributed by atoms with Gasteiger partial charge in [-0.1, -0.05) is 13.8 Å². The van der Waals surface area contributed by atoms with Crippen LogP contribution in [0.25, 0.3) is 0 Å². The predicted octanol–water partition coefficient (Wildman–Crippen LogP) is 4.68. The summed E-state index contributed by atoms with van der Waals surface area (Å²) in [6, 6.07) is 0. The number of carbonyl (C=O) groups is 1. The maximum Gasteiger partial charge on any atom is 0.412 e. The molecule has 1 amide bonds. The molecule has 0 radical (unpaired) electrons. The van der Waals surface area contributed by atoms with Gasteiger partial charge in [0.05, 0.1) is 6.10 Å². The van der Waals surface area contributed by atoms with Crippen LogP contribution in [0.4, 0.5) is 4.79 Å². The lowest BCUT2D eigenvalue weighted by Gasteiger charge is -2.40. The minimum absolute atomic E-state index is 0.163. The van der Waals surface area contributed by atoms with Gasteiger partial charge in [-0.15, -0.1) is 0 Å². The van der Waals surface area contributed by atoms with Gasteiger partial charge in [0.25, 0.3) is 0 Å². The molecule has 5 aliphatic rings. The largest absolute Gasteiger partial charge is 0.419 e. The summed E-state index contributed by atoms with van der Waals surface area (Å²) in [6.07, 6.45) is 10.2. The van der Waals surface area contributed by atoms with Crippen molar-refractivity contribution in [2.45, 2.75) is 77.6 Å². The average molecular weight is 362 g/mol. The highest BCUT2D eigenvalue weighted by molar-refractivity contribution is 5.67. The molecule has 5 fully saturated rings. The minimum atomic E-state index is -0.384. The lowest BCUT2D eigenvalue weighted by Crippen LogP contribution is -2.43. The highest BCUT2D eigenvalue weighted by Crippen LogP contribution is 2.67. The number of rotatable bonds is 4. The van der Waals surface area contributed by atoms with Crippen LogP contribution >= 0.6 is 0 Å². The van der Waals surface area contributed by atoms with Crippen molar-refractivity contribution >= 4 is 6.09 Å².